The van der Waals surface area contributed by atoms with Gasteiger partial charge < -0.3 is 0 Å². The molecule has 0 N–H and O–H groups in total. The van der Waals surface area contributed by atoms with Crippen molar-refractivity contribution in [1.82, 2.24) is 0 Å². The normalized spacial score (nSPS) is 25.2. The van der Waals surface area contributed by atoms with Gasteiger partial charge in [-0.3, -0.25) is 0 Å². The Kier molecular flexibility index (Phi) is 11.9. The maximum Gasteiger partial charge on any atom is 0.100 e. The fraction of sp³-hybridized carbons (Fsp3) is 1.00. The fourth-order valence-electron chi connectivity index (χ4n) is 3.07. The molecule has 1 fully saturated rings. The number of hydrogen-bond acceptors (Lipinski definition) is 0. The molecule has 0 aromatic heterocycles. The topological polar surface area (TPSA) is 0 Å². The minimum atomic E-state index is -0.521. The molecule has 0 bridgehead atoms. The molecule has 110 valence electrons. The van der Waals surface area contributed by atoms with Gasteiger partial charge in [0.05, 0.1) is 0 Å². The van der Waals surface area contributed by atoms with Gasteiger partial charge in [-0.05, 0) is 24.7 Å². The van der Waals surface area contributed by atoms with E-state index < -0.39 is 6.17 Å². The van der Waals surface area contributed by atoms with Crippen LogP contribution in [0.15, 0.2) is 0 Å². The molecule has 18 heavy (non-hydrogen) atoms. The molecule has 1 unspecified atom stereocenters. The Morgan fingerprint density at radius 2 is 1.50 bits per heavy atom. The average Bonchev–Trinajstić information content (AvgIpc) is 2.41. The second kappa shape index (κ2) is 12.0. The van der Waals surface area contributed by atoms with Crippen molar-refractivity contribution in [1.29, 1.82) is 0 Å². The van der Waals surface area contributed by atoms with Gasteiger partial charge >= 0.3 is 0 Å². The van der Waals surface area contributed by atoms with Crippen LogP contribution in [-0.4, -0.2) is 6.17 Å². The Balaban J connectivity index is 0.00000137. The highest BCUT2D eigenvalue weighted by Crippen LogP contribution is 2.34. The van der Waals surface area contributed by atoms with E-state index in [1.54, 1.807) is 0 Å². The molecule has 0 nitrogen and oxygen atoms in total. The molecular weight excluding hydrogens is 223 g/mol. The van der Waals surface area contributed by atoms with Gasteiger partial charge in [-0.15, -0.1) is 0 Å². The zero-order valence-electron chi connectivity index (χ0n) is 13.2. The van der Waals surface area contributed by atoms with Crippen molar-refractivity contribution in [3.05, 3.63) is 0 Å². The first-order valence-electron chi connectivity index (χ1n) is 8.40. The Bertz CT molecular complexity index is 159. The van der Waals surface area contributed by atoms with E-state index in [1.165, 1.54) is 38.5 Å². The zero-order valence-corrected chi connectivity index (χ0v) is 13.2. The molecule has 0 aliphatic heterocycles. The summed E-state index contributed by atoms with van der Waals surface area (Å²) >= 11 is 0. The van der Waals surface area contributed by atoms with Gasteiger partial charge in [0.25, 0.3) is 0 Å². The molecule has 1 atom stereocenters. The molecule has 0 amide bonds. The first-order valence-corrected chi connectivity index (χ1v) is 8.40. The molecule has 1 aliphatic carbocycles. The first kappa shape index (κ1) is 17.9. The summed E-state index contributed by atoms with van der Waals surface area (Å²) in [7, 11) is 0. The number of rotatable bonds is 7. The zero-order chi connectivity index (χ0) is 13.8. The maximum atomic E-state index is 13.6. The van der Waals surface area contributed by atoms with Gasteiger partial charge in [0.2, 0.25) is 0 Å². The molecule has 0 aromatic carbocycles. The van der Waals surface area contributed by atoms with Crippen molar-refractivity contribution in [3.8, 4) is 0 Å². The van der Waals surface area contributed by atoms with E-state index in [0.717, 1.165) is 31.6 Å². The van der Waals surface area contributed by atoms with Gasteiger partial charge in [0, 0.05) is 0 Å². The van der Waals surface area contributed by atoms with Crippen molar-refractivity contribution < 1.29 is 4.39 Å². The van der Waals surface area contributed by atoms with Crippen LogP contribution in [0.25, 0.3) is 0 Å². The second-order valence-electron chi connectivity index (χ2n) is 5.65. The van der Waals surface area contributed by atoms with E-state index in [-0.39, 0.29) is 0 Å². The molecule has 0 saturated heterocycles. The number of halogens is 1. The monoisotopic (exact) mass is 258 g/mol. The van der Waals surface area contributed by atoms with Crippen molar-refractivity contribution in [2.45, 2.75) is 98.1 Å². The second-order valence-corrected chi connectivity index (χ2v) is 5.65. The summed E-state index contributed by atoms with van der Waals surface area (Å²) in [5.74, 6) is 1.65. The van der Waals surface area contributed by atoms with Crippen LogP contribution in [0.5, 0.6) is 0 Å². The molecule has 0 heterocycles. The lowest BCUT2D eigenvalue weighted by atomic mass is 9.78. The Morgan fingerprint density at radius 3 is 2.00 bits per heavy atom. The number of alkyl halides is 1. The standard InChI is InChI=1S/C15H29F.C2H6/c1-3-5-7-15(16)12-14-10-8-13(6-4-2)9-11-14;1-2/h13-15H,3-12H2,1-2H3;1-2H3. The molecule has 1 rings (SSSR count). The number of unbranched alkanes of at least 4 members (excludes halogenated alkanes) is 1. The highest BCUT2D eigenvalue weighted by atomic mass is 19.1. The third-order valence-corrected chi connectivity index (χ3v) is 4.12. The van der Waals surface area contributed by atoms with Gasteiger partial charge in [0.1, 0.15) is 6.17 Å². The molecule has 0 aromatic rings. The van der Waals surface area contributed by atoms with Crippen LogP contribution in [0.1, 0.15) is 91.9 Å². The summed E-state index contributed by atoms with van der Waals surface area (Å²) in [6.07, 6.45) is 11.3. The molecule has 0 spiro atoms. The summed E-state index contributed by atoms with van der Waals surface area (Å²) in [6.45, 7) is 8.41. The number of hydrogen-bond donors (Lipinski definition) is 0. The maximum absolute atomic E-state index is 13.6. The van der Waals surface area contributed by atoms with Crippen molar-refractivity contribution >= 4 is 0 Å². The smallest absolute Gasteiger partial charge is 0.100 e. The summed E-state index contributed by atoms with van der Waals surface area (Å²) in [6, 6.07) is 0. The Morgan fingerprint density at radius 1 is 0.944 bits per heavy atom. The molecule has 1 aliphatic rings. The Labute approximate surface area is 115 Å². The van der Waals surface area contributed by atoms with E-state index in [1.807, 2.05) is 13.8 Å². The minimum Gasteiger partial charge on any atom is -0.247 e. The van der Waals surface area contributed by atoms with Crippen LogP contribution in [0.4, 0.5) is 4.39 Å². The van der Waals surface area contributed by atoms with Crippen molar-refractivity contribution in [3.63, 3.8) is 0 Å². The lowest BCUT2D eigenvalue weighted by molar-refractivity contribution is 0.189. The van der Waals surface area contributed by atoms with Crippen LogP contribution in [0.2, 0.25) is 0 Å². The van der Waals surface area contributed by atoms with Crippen LogP contribution < -0.4 is 0 Å². The summed E-state index contributed by atoms with van der Waals surface area (Å²) in [4.78, 5) is 0. The highest BCUT2D eigenvalue weighted by molar-refractivity contribution is 4.74. The molecule has 1 heteroatoms. The predicted octanol–water partition coefficient (Wildman–Crippen LogP) is 6.54. The van der Waals surface area contributed by atoms with Gasteiger partial charge in [-0.2, -0.15) is 0 Å². The lowest BCUT2D eigenvalue weighted by Crippen LogP contribution is -2.18. The van der Waals surface area contributed by atoms with Crippen LogP contribution >= 0.6 is 0 Å². The lowest BCUT2D eigenvalue weighted by Gasteiger charge is -2.29. The van der Waals surface area contributed by atoms with E-state index in [9.17, 15) is 4.39 Å². The van der Waals surface area contributed by atoms with Crippen LogP contribution in [0, 0.1) is 11.8 Å². The minimum absolute atomic E-state index is 0.521. The average molecular weight is 258 g/mol. The quantitative estimate of drug-likeness (QED) is 0.486. The van der Waals surface area contributed by atoms with Crippen LogP contribution in [0.3, 0.4) is 0 Å². The van der Waals surface area contributed by atoms with E-state index in [0.29, 0.717) is 5.92 Å². The summed E-state index contributed by atoms with van der Waals surface area (Å²) < 4.78 is 13.6. The molecular formula is C17H35F. The van der Waals surface area contributed by atoms with E-state index in [4.69, 9.17) is 0 Å². The predicted molar refractivity (Wildman–Crippen MR) is 80.7 cm³/mol. The first-order chi connectivity index (χ1) is 8.76. The SMILES string of the molecule is CC.CCCCC(F)CC1CCC(CCC)CC1. The Hall–Kier alpha value is -0.0700. The van der Waals surface area contributed by atoms with Gasteiger partial charge in [0.15, 0.2) is 0 Å². The molecule has 0 radical (unpaired) electrons. The molecule has 1 saturated carbocycles. The third-order valence-electron chi connectivity index (χ3n) is 4.12. The van der Waals surface area contributed by atoms with Crippen LogP contribution in [-0.2, 0) is 0 Å². The van der Waals surface area contributed by atoms with Gasteiger partial charge in [-0.1, -0.05) is 79.1 Å². The summed E-state index contributed by atoms with van der Waals surface area (Å²) in [5, 5.41) is 0. The summed E-state index contributed by atoms with van der Waals surface area (Å²) in [5.41, 5.74) is 0. The van der Waals surface area contributed by atoms with E-state index in [2.05, 4.69) is 13.8 Å². The fourth-order valence-corrected chi connectivity index (χ4v) is 3.07. The van der Waals surface area contributed by atoms with E-state index >= 15 is 0 Å². The third kappa shape index (κ3) is 8.11. The highest BCUT2D eigenvalue weighted by Gasteiger charge is 2.22. The largest absolute Gasteiger partial charge is 0.247 e. The van der Waals surface area contributed by atoms with Crippen molar-refractivity contribution in [2.75, 3.05) is 0 Å². The van der Waals surface area contributed by atoms with Gasteiger partial charge in [-0.25, -0.2) is 4.39 Å². The van der Waals surface area contributed by atoms with Crippen molar-refractivity contribution in [2.24, 2.45) is 11.8 Å².